The number of fused-ring (bicyclic) bond motifs is 1. The summed E-state index contributed by atoms with van der Waals surface area (Å²) in [4.78, 5) is 18.6. The summed E-state index contributed by atoms with van der Waals surface area (Å²) in [5.41, 5.74) is 1.91. The molecule has 2 aromatic carbocycles. The van der Waals surface area contributed by atoms with Crippen LogP contribution >= 0.6 is 0 Å². The number of carbonyl (C=O) groups excluding carboxylic acids is 1. The predicted octanol–water partition coefficient (Wildman–Crippen LogP) is 5.05. The van der Waals surface area contributed by atoms with Crippen molar-refractivity contribution in [3.05, 3.63) is 83.7 Å². The summed E-state index contributed by atoms with van der Waals surface area (Å²) in [5, 5.41) is 2.33. The molecule has 4 nitrogen and oxygen atoms in total. The van der Waals surface area contributed by atoms with Gasteiger partial charge in [-0.3, -0.25) is 9.78 Å². The molecule has 1 aliphatic rings. The molecule has 1 amide bonds. The van der Waals surface area contributed by atoms with Gasteiger partial charge in [0.2, 0.25) is 0 Å². The van der Waals surface area contributed by atoms with Crippen molar-refractivity contribution in [3.63, 3.8) is 0 Å². The first-order chi connectivity index (χ1) is 13.4. The zero-order valence-electron chi connectivity index (χ0n) is 14.7. The van der Waals surface area contributed by atoms with E-state index in [1.807, 2.05) is 18.2 Å². The highest BCUT2D eigenvalue weighted by Gasteiger charge is 2.33. The Hall–Kier alpha value is -3.35. The normalized spacial score (nSPS) is 13.3. The monoisotopic (exact) mass is 383 g/mol. The first kappa shape index (κ1) is 18.0. The van der Waals surface area contributed by atoms with Gasteiger partial charge in [-0.05, 0) is 42.3 Å². The SMILES string of the molecule is O=C(Nc1ccccc1C(F)(F)F)c1cc(N2CCc3ccccc32)ccn1. The number of hydrogen-bond donors (Lipinski definition) is 1. The Morgan fingerprint density at radius 2 is 1.79 bits per heavy atom. The number of carbonyl (C=O) groups is 1. The van der Waals surface area contributed by atoms with Gasteiger partial charge < -0.3 is 10.2 Å². The lowest BCUT2D eigenvalue weighted by molar-refractivity contribution is -0.136. The summed E-state index contributed by atoms with van der Waals surface area (Å²) in [5.74, 6) is -0.689. The van der Waals surface area contributed by atoms with Crippen molar-refractivity contribution in [2.75, 3.05) is 16.8 Å². The number of alkyl halides is 3. The number of aromatic nitrogens is 1. The summed E-state index contributed by atoms with van der Waals surface area (Å²) in [6, 6.07) is 16.2. The van der Waals surface area contributed by atoms with E-state index in [4.69, 9.17) is 0 Å². The van der Waals surface area contributed by atoms with Crippen LogP contribution in [0.2, 0.25) is 0 Å². The van der Waals surface area contributed by atoms with Crippen molar-refractivity contribution in [1.29, 1.82) is 0 Å². The Balaban J connectivity index is 1.60. The van der Waals surface area contributed by atoms with E-state index >= 15 is 0 Å². The molecule has 0 atom stereocenters. The number of rotatable bonds is 3. The smallest absolute Gasteiger partial charge is 0.341 e. The number of nitrogens with one attached hydrogen (secondary N) is 1. The lowest BCUT2D eigenvalue weighted by Crippen LogP contribution is -2.19. The van der Waals surface area contributed by atoms with E-state index in [0.717, 1.165) is 30.4 Å². The summed E-state index contributed by atoms with van der Waals surface area (Å²) in [7, 11) is 0. The summed E-state index contributed by atoms with van der Waals surface area (Å²) >= 11 is 0. The summed E-state index contributed by atoms with van der Waals surface area (Å²) in [6.45, 7) is 0.765. The number of benzene rings is 2. The Morgan fingerprint density at radius 1 is 1.04 bits per heavy atom. The predicted molar refractivity (Wildman–Crippen MR) is 101 cm³/mol. The maximum absolute atomic E-state index is 13.1. The molecule has 0 saturated carbocycles. The number of para-hydroxylation sites is 2. The highest BCUT2D eigenvalue weighted by Crippen LogP contribution is 2.36. The van der Waals surface area contributed by atoms with Gasteiger partial charge in [0.05, 0.1) is 11.3 Å². The number of hydrogen-bond acceptors (Lipinski definition) is 3. The van der Waals surface area contributed by atoms with Crippen LogP contribution < -0.4 is 10.2 Å². The maximum Gasteiger partial charge on any atom is 0.418 e. The van der Waals surface area contributed by atoms with Crippen LogP contribution in [-0.2, 0) is 12.6 Å². The molecule has 2 heterocycles. The van der Waals surface area contributed by atoms with E-state index in [1.165, 1.54) is 30.0 Å². The average Bonchev–Trinajstić information content (AvgIpc) is 3.12. The third-order valence-corrected chi connectivity index (χ3v) is 4.66. The van der Waals surface area contributed by atoms with Gasteiger partial charge in [0.15, 0.2) is 0 Å². The minimum Gasteiger partial charge on any atom is -0.341 e. The molecule has 0 spiro atoms. The van der Waals surface area contributed by atoms with Gasteiger partial charge in [0.1, 0.15) is 5.69 Å². The Morgan fingerprint density at radius 3 is 2.61 bits per heavy atom. The van der Waals surface area contributed by atoms with Crippen molar-refractivity contribution in [1.82, 2.24) is 4.98 Å². The number of pyridine rings is 1. The Bertz CT molecular complexity index is 1030. The number of nitrogens with zero attached hydrogens (tertiary/aromatic N) is 2. The molecule has 0 aliphatic carbocycles. The fourth-order valence-electron chi connectivity index (χ4n) is 3.34. The topological polar surface area (TPSA) is 45.2 Å². The van der Waals surface area contributed by atoms with E-state index in [9.17, 15) is 18.0 Å². The number of anilines is 3. The lowest BCUT2D eigenvalue weighted by atomic mass is 10.1. The molecule has 0 radical (unpaired) electrons. The van der Waals surface area contributed by atoms with E-state index < -0.39 is 17.6 Å². The van der Waals surface area contributed by atoms with Gasteiger partial charge in [-0.1, -0.05) is 30.3 Å². The van der Waals surface area contributed by atoms with Gasteiger partial charge in [-0.15, -0.1) is 0 Å². The fourth-order valence-corrected chi connectivity index (χ4v) is 3.34. The van der Waals surface area contributed by atoms with Gasteiger partial charge in [-0.2, -0.15) is 13.2 Å². The zero-order valence-corrected chi connectivity index (χ0v) is 14.7. The third kappa shape index (κ3) is 3.43. The second-order valence-corrected chi connectivity index (χ2v) is 6.43. The molecule has 1 aliphatic heterocycles. The van der Waals surface area contributed by atoms with E-state index in [2.05, 4.69) is 21.3 Å². The van der Waals surface area contributed by atoms with Crippen molar-refractivity contribution < 1.29 is 18.0 Å². The van der Waals surface area contributed by atoms with Crippen molar-refractivity contribution in [2.24, 2.45) is 0 Å². The zero-order chi connectivity index (χ0) is 19.7. The standard InChI is InChI=1S/C21H16F3N3O/c22-21(23,24)16-6-2-3-7-17(16)26-20(28)18-13-15(9-11-25-18)27-12-10-14-5-1-4-8-19(14)27/h1-9,11,13H,10,12H2,(H,26,28). The lowest BCUT2D eigenvalue weighted by Gasteiger charge is -2.20. The molecule has 3 aromatic rings. The third-order valence-electron chi connectivity index (χ3n) is 4.66. The van der Waals surface area contributed by atoms with E-state index in [1.54, 1.807) is 12.1 Å². The highest BCUT2D eigenvalue weighted by molar-refractivity contribution is 6.04. The summed E-state index contributed by atoms with van der Waals surface area (Å²) in [6.07, 6.45) is -2.18. The molecule has 0 saturated heterocycles. The molecule has 28 heavy (non-hydrogen) atoms. The quantitative estimate of drug-likeness (QED) is 0.689. The molecular weight excluding hydrogens is 367 g/mol. The summed E-state index contributed by atoms with van der Waals surface area (Å²) < 4.78 is 39.4. The fraction of sp³-hybridized carbons (Fsp3) is 0.143. The molecule has 4 rings (SSSR count). The first-order valence-electron chi connectivity index (χ1n) is 8.72. The van der Waals surface area contributed by atoms with Crippen LogP contribution in [0.15, 0.2) is 66.9 Å². The van der Waals surface area contributed by atoms with Crippen LogP contribution in [0.1, 0.15) is 21.6 Å². The Kier molecular flexibility index (Phi) is 4.50. The van der Waals surface area contributed by atoms with Crippen LogP contribution in [0.25, 0.3) is 0 Å². The molecule has 7 heteroatoms. The second kappa shape index (κ2) is 6.99. The molecule has 0 fully saturated rings. The van der Waals surface area contributed by atoms with Crippen LogP contribution in [0, 0.1) is 0 Å². The number of halogens is 3. The minimum absolute atomic E-state index is 0.0545. The average molecular weight is 383 g/mol. The maximum atomic E-state index is 13.1. The second-order valence-electron chi connectivity index (χ2n) is 6.43. The minimum atomic E-state index is -4.56. The van der Waals surface area contributed by atoms with Crippen LogP contribution in [-0.4, -0.2) is 17.4 Å². The highest BCUT2D eigenvalue weighted by atomic mass is 19.4. The first-order valence-corrected chi connectivity index (χ1v) is 8.72. The van der Waals surface area contributed by atoms with Gasteiger partial charge in [0.25, 0.3) is 5.91 Å². The molecule has 142 valence electrons. The van der Waals surface area contributed by atoms with E-state index in [0.29, 0.717) is 0 Å². The largest absolute Gasteiger partial charge is 0.418 e. The van der Waals surface area contributed by atoms with Gasteiger partial charge in [-0.25, -0.2) is 0 Å². The van der Waals surface area contributed by atoms with Gasteiger partial charge >= 0.3 is 6.18 Å². The molecule has 1 aromatic heterocycles. The molecule has 0 unspecified atom stereocenters. The van der Waals surface area contributed by atoms with E-state index in [-0.39, 0.29) is 11.4 Å². The van der Waals surface area contributed by atoms with Crippen molar-refractivity contribution in [2.45, 2.75) is 12.6 Å². The molecule has 0 bridgehead atoms. The van der Waals surface area contributed by atoms with Crippen molar-refractivity contribution in [3.8, 4) is 0 Å². The van der Waals surface area contributed by atoms with Crippen LogP contribution in [0.4, 0.5) is 30.2 Å². The van der Waals surface area contributed by atoms with Crippen molar-refractivity contribution >= 4 is 23.0 Å². The van der Waals surface area contributed by atoms with Crippen LogP contribution in [0.5, 0.6) is 0 Å². The molecular formula is C21H16F3N3O. The Labute approximate surface area is 159 Å². The number of amides is 1. The van der Waals surface area contributed by atoms with Crippen LogP contribution in [0.3, 0.4) is 0 Å². The van der Waals surface area contributed by atoms with Gasteiger partial charge in [0, 0.05) is 24.1 Å². The molecule has 1 N–H and O–H groups in total.